The quantitative estimate of drug-likeness (QED) is 0.589. The highest BCUT2D eigenvalue weighted by molar-refractivity contribution is 7.88. The van der Waals surface area contributed by atoms with Gasteiger partial charge >= 0.3 is 0 Å². The lowest BCUT2D eigenvalue weighted by atomic mass is 10.2. The molecule has 3 aromatic rings. The van der Waals surface area contributed by atoms with Crippen LogP contribution < -0.4 is 14.5 Å². The van der Waals surface area contributed by atoms with E-state index in [4.69, 9.17) is 0 Å². The molecule has 9 heteroatoms. The van der Waals surface area contributed by atoms with Crippen LogP contribution in [0.3, 0.4) is 0 Å². The van der Waals surface area contributed by atoms with Crippen molar-refractivity contribution in [3.63, 3.8) is 0 Å². The molecule has 168 valence electrons. The van der Waals surface area contributed by atoms with E-state index in [0.717, 1.165) is 43.2 Å². The molecular weight excluding hydrogens is 434 g/mol. The van der Waals surface area contributed by atoms with E-state index >= 15 is 0 Å². The van der Waals surface area contributed by atoms with Crippen molar-refractivity contribution in [1.29, 1.82) is 0 Å². The van der Waals surface area contributed by atoms with Crippen LogP contribution in [0, 0.1) is 11.6 Å². The summed E-state index contributed by atoms with van der Waals surface area (Å²) >= 11 is 0. The number of piperazine rings is 1. The first kappa shape index (κ1) is 22.2. The van der Waals surface area contributed by atoms with Gasteiger partial charge in [0.05, 0.1) is 5.75 Å². The predicted octanol–water partition coefficient (Wildman–Crippen LogP) is 3.31. The van der Waals surface area contributed by atoms with Gasteiger partial charge in [0.15, 0.2) is 0 Å². The molecular formula is C23H24F2N4O2S. The highest BCUT2D eigenvalue weighted by Gasteiger charge is 2.19. The van der Waals surface area contributed by atoms with Crippen molar-refractivity contribution in [2.24, 2.45) is 0 Å². The number of hydrogen-bond acceptors (Lipinski definition) is 5. The first-order valence-electron chi connectivity index (χ1n) is 10.3. The average molecular weight is 459 g/mol. The third kappa shape index (κ3) is 5.80. The minimum atomic E-state index is -3.61. The Morgan fingerprint density at radius 3 is 2.28 bits per heavy atom. The zero-order valence-electron chi connectivity index (χ0n) is 17.4. The summed E-state index contributed by atoms with van der Waals surface area (Å²) in [6.45, 7) is 3.18. The topological polar surface area (TPSA) is 65.5 Å². The number of aromatic nitrogens is 1. The first-order valence-corrected chi connectivity index (χ1v) is 12.0. The monoisotopic (exact) mass is 458 g/mol. The van der Waals surface area contributed by atoms with Gasteiger partial charge in [-0.15, -0.1) is 0 Å². The molecule has 0 aliphatic carbocycles. The lowest BCUT2D eigenvalue weighted by Crippen LogP contribution is -2.46. The van der Waals surface area contributed by atoms with Crippen molar-refractivity contribution in [3.8, 4) is 0 Å². The van der Waals surface area contributed by atoms with Crippen LogP contribution in [0.15, 0.2) is 66.9 Å². The number of nitrogens with zero attached hydrogens (tertiary/aromatic N) is 3. The molecule has 1 N–H and O–H groups in total. The Hall–Kier alpha value is -3.04. The van der Waals surface area contributed by atoms with E-state index in [1.165, 1.54) is 30.3 Å². The van der Waals surface area contributed by atoms with E-state index in [1.807, 2.05) is 6.07 Å². The number of nitrogens with one attached hydrogen (secondary N) is 1. The van der Waals surface area contributed by atoms with Crippen LogP contribution in [0.1, 0.15) is 11.1 Å². The summed E-state index contributed by atoms with van der Waals surface area (Å²) in [5, 5.41) is 0. The molecule has 1 aliphatic heterocycles. The fourth-order valence-electron chi connectivity index (χ4n) is 3.68. The van der Waals surface area contributed by atoms with Gasteiger partial charge in [-0.25, -0.2) is 26.9 Å². The van der Waals surface area contributed by atoms with Crippen molar-refractivity contribution in [3.05, 3.63) is 89.6 Å². The minimum absolute atomic E-state index is 0.128. The summed E-state index contributed by atoms with van der Waals surface area (Å²) in [6, 6.07) is 15.7. The van der Waals surface area contributed by atoms with Gasteiger partial charge in [-0.05, 0) is 59.7 Å². The molecule has 6 nitrogen and oxygen atoms in total. The second-order valence-electron chi connectivity index (χ2n) is 7.68. The van der Waals surface area contributed by atoms with Crippen LogP contribution in [0.5, 0.6) is 0 Å². The van der Waals surface area contributed by atoms with Gasteiger partial charge in [-0.3, -0.25) is 0 Å². The fraction of sp³-hybridized carbons (Fsp3) is 0.261. The maximum absolute atomic E-state index is 13.3. The van der Waals surface area contributed by atoms with Gasteiger partial charge in [0.1, 0.15) is 17.5 Å². The minimum Gasteiger partial charge on any atom is -0.368 e. The summed E-state index contributed by atoms with van der Waals surface area (Å²) in [6.07, 6.45) is 1.66. The zero-order chi connectivity index (χ0) is 22.6. The van der Waals surface area contributed by atoms with Gasteiger partial charge in [-0.2, -0.15) is 0 Å². The maximum atomic E-state index is 13.3. The molecule has 1 aromatic heterocycles. The van der Waals surface area contributed by atoms with Crippen molar-refractivity contribution < 1.29 is 17.2 Å². The normalized spacial score (nSPS) is 14.6. The molecule has 2 aromatic carbocycles. The largest absolute Gasteiger partial charge is 0.368 e. The van der Waals surface area contributed by atoms with E-state index in [2.05, 4.69) is 19.5 Å². The maximum Gasteiger partial charge on any atom is 0.216 e. The number of hydrogen-bond donors (Lipinski definition) is 1. The van der Waals surface area contributed by atoms with Gasteiger partial charge in [-0.1, -0.05) is 12.1 Å². The lowest BCUT2D eigenvalue weighted by Gasteiger charge is -2.36. The van der Waals surface area contributed by atoms with Crippen molar-refractivity contribution in [2.45, 2.75) is 12.3 Å². The van der Waals surface area contributed by atoms with Crippen molar-refractivity contribution in [2.75, 3.05) is 36.0 Å². The number of rotatable bonds is 7. The number of halogens is 2. The van der Waals surface area contributed by atoms with Crippen LogP contribution in [0.25, 0.3) is 0 Å². The van der Waals surface area contributed by atoms with Gasteiger partial charge in [0.2, 0.25) is 10.0 Å². The Morgan fingerprint density at radius 1 is 0.844 bits per heavy atom. The van der Waals surface area contributed by atoms with E-state index in [1.54, 1.807) is 30.5 Å². The molecule has 32 heavy (non-hydrogen) atoms. The van der Waals surface area contributed by atoms with E-state index < -0.39 is 15.8 Å². The van der Waals surface area contributed by atoms with Gasteiger partial charge in [0, 0.05) is 44.6 Å². The van der Waals surface area contributed by atoms with Crippen LogP contribution in [-0.2, 0) is 22.3 Å². The molecule has 0 radical (unpaired) electrons. The Labute approximate surface area is 186 Å². The number of anilines is 2. The predicted molar refractivity (Wildman–Crippen MR) is 121 cm³/mol. The van der Waals surface area contributed by atoms with Crippen LogP contribution >= 0.6 is 0 Å². The Bertz CT molecular complexity index is 1160. The van der Waals surface area contributed by atoms with Crippen molar-refractivity contribution in [1.82, 2.24) is 9.71 Å². The molecule has 1 saturated heterocycles. The smallest absolute Gasteiger partial charge is 0.216 e. The average Bonchev–Trinajstić information content (AvgIpc) is 2.78. The molecule has 0 saturated carbocycles. The molecule has 0 atom stereocenters. The molecule has 1 fully saturated rings. The first-order chi connectivity index (χ1) is 15.4. The third-order valence-corrected chi connectivity index (χ3v) is 6.64. The summed E-state index contributed by atoms with van der Waals surface area (Å²) in [5.74, 6) is -0.213. The summed E-state index contributed by atoms with van der Waals surface area (Å²) in [5.41, 5.74) is 2.17. The van der Waals surface area contributed by atoms with Crippen molar-refractivity contribution >= 4 is 21.5 Å². The molecule has 0 bridgehead atoms. The fourth-order valence-corrected chi connectivity index (χ4v) is 4.79. The number of sulfonamides is 1. The second kappa shape index (κ2) is 9.62. The zero-order valence-corrected chi connectivity index (χ0v) is 18.2. The van der Waals surface area contributed by atoms with E-state index in [-0.39, 0.29) is 18.1 Å². The Kier molecular flexibility index (Phi) is 6.66. The summed E-state index contributed by atoms with van der Waals surface area (Å²) < 4.78 is 53.8. The highest BCUT2D eigenvalue weighted by Crippen LogP contribution is 2.20. The summed E-state index contributed by atoms with van der Waals surface area (Å²) in [7, 11) is -3.61. The van der Waals surface area contributed by atoms with E-state index in [0.29, 0.717) is 5.56 Å². The number of pyridine rings is 1. The molecule has 2 heterocycles. The van der Waals surface area contributed by atoms with Gasteiger partial charge in [0.25, 0.3) is 0 Å². The molecule has 1 aliphatic rings. The third-order valence-electron chi connectivity index (χ3n) is 5.35. The van der Waals surface area contributed by atoms with Crippen LogP contribution in [0.2, 0.25) is 0 Å². The lowest BCUT2D eigenvalue weighted by molar-refractivity contribution is 0.580. The molecule has 0 spiro atoms. The SMILES string of the molecule is O=S(=O)(Cc1cccc(F)c1)NCc1ccnc(N2CCN(c3ccc(F)cc3)CC2)c1. The standard InChI is InChI=1S/C23H24F2N4O2S/c24-20-4-6-22(7-5-20)28-10-12-29(13-11-28)23-15-18(8-9-26-23)16-27-32(30,31)17-19-2-1-3-21(25)14-19/h1-9,14-15,27H,10-13,16-17H2. The molecule has 4 rings (SSSR count). The molecule has 0 amide bonds. The highest BCUT2D eigenvalue weighted by atomic mass is 32.2. The van der Waals surface area contributed by atoms with Gasteiger partial charge < -0.3 is 9.80 Å². The number of benzene rings is 2. The van der Waals surface area contributed by atoms with E-state index in [9.17, 15) is 17.2 Å². The van der Waals surface area contributed by atoms with Crippen LogP contribution in [-0.4, -0.2) is 39.6 Å². The second-order valence-corrected chi connectivity index (χ2v) is 9.49. The Morgan fingerprint density at radius 2 is 1.56 bits per heavy atom. The summed E-state index contributed by atoms with van der Waals surface area (Å²) in [4.78, 5) is 8.77. The van der Waals surface area contributed by atoms with Crippen LogP contribution in [0.4, 0.5) is 20.3 Å². The Balaban J connectivity index is 1.34. The molecule has 0 unspecified atom stereocenters.